The van der Waals surface area contributed by atoms with E-state index in [0.717, 1.165) is 25.9 Å². The number of rotatable bonds is 7. The lowest BCUT2D eigenvalue weighted by molar-refractivity contribution is -0.146. The highest BCUT2D eigenvalue weighted by Gasteiger charge is 2.46. The van der Waals surface area contributed by atoms with E-state index in [-0.39, 0.29) is 36.3 Å². The van der Waals surface area contributed by atoms with Crippen LogP contribution in [0.4, 0.5) is 0 Å². The molecule has 0 bridgehead atoms. The molecule has 1 N–H and O–H groups in total. The molecule has 8 heteroatoms. The lowest BCUT2D eigenvalue weighted by Crippen LogP contribution is -2.53. The van der Waals surface area contributed by atoms with E-state index in [1.54, 1.807) is 4.90 Å². The summed E-state index contributed by atoms with van der Waals surface area (Å²) in [5.41, 5.74) is 0. The van der Waals surface area contributed by atoms with E-state index in [0.29, 0.717) is 38.5 Å². The van der Waals surface area contributed by atoms with Crippen LogP contribution in [-0.4, -0.2) is 97.5 Å². The van der Waals surface area contributed by atoms with Gasteiger partial charge in [-0.05, 0) is 25.2 Å². The normalized spacial score (nSPS) is 25.3. The number of methoxy groups -OCH3 is 1. The Kier molecular flexibility index (Phi) is 6.93. The first kappa shape index (κ1) is 21.0. The topological polar surface area (TPSA) is 82.2 Å². The summed E-state index contributed by atoms with van der Waals surface area (Å²) in [5.74, 6) is 0.477. The molecule has 0 aromatic rings. The molecule has 2 unspecified atom stereocenters. The number of likely N-dealkylation sites (tertiary alicyclic amines) is 1. The maximum atomic E-state index is 13.2. The van der Waals surface area contributed by atoms with E-state index in [1.807, 2.05) is 9.80 Å². The van der Waals surface area contributed by atoms with Crippen LogP contribution in [-0.2, 0) is 19.1 Å². The van der Waals surface area contributed by atoms with Gasteiger partial charge in [-0.1, -0.05) is 13.8 Å². The van der Waals surface area contributed by atoms with Gasteiger partial charge in [0.25, 0.3) is 0 Å². The van der Waals surface area contributed by atoms with Crippen LogP contribution in [0.2, 0.25) is 0 Å². The van der Waals surface area contributed by atoms with Crippen LogP contribution in [0.15, 0.2) is 0 Å². The number of piperazine rings is 1. The highest BCUT2D eigenvalue weighted by Crippen LogP contribution is 2.34. The van der Waals surface area contributed by atoms with Crippen LogP contribution in [0.25, 0.3) is 0 Å². The molecule has 0 aromatic heterocycles. The third-order valence-corrected chi connectivity index (χ3v) is 5.79. The minimum absolute atomic E-state index is 0.00294. The fourth-order valence-corrected chi connectivity index (χ4v) is 4.23. The first-order valence-corrected chi connectivity index (χ1v) is 10.5. The Bertz CT molecular complexity index is 587. The van der Waals surface area contributed by atoms with E-state index in [4.69, 9.17) is 4.74 Å². The summed E-state index contributed by atoms with van der Waals surface area (Å²) in [5, 5.41) is 3.25. The molecule has 0 spiro atoms. The third kappa shape index (κ3) is 4.84. The second-order valence-electron chi connectivity index (χ2n) is 8.62. The molecule has 8 nitrogen and oxygen atoms in total. The monoisotopic (exact) mass is 394 g/mol. The summed E-state index contributed by atoms with van der Waals surface area (Å²) < 4.78 is 5.04. The number of hydrogen-bond donors (Lipinski definition) is 1. The minimum atomic E-state index is -0.507. The van der Waals surface area contributed by atoms with Crippen LogP contribution >= 0.6 is 0 Å². The zero-order chi connectivity index (χ0) is 20.3. The van der Waals surface area contributed by atoms with Gasteiger partial charge in [0.2, 0.25) is 17.7 Å². The number of hydrogen-bond acceptors (Lipinski definition) is 5. The third-order valence-electron chi connectivity index (χ3n) is 5.79. The van der Waals surface area contributed by atoms with Crippen molar-refractivity contribution in [2.45, 2.75) is 45.2 Å². The van der Waals surface area contributed by atoms with Crippen molar-refractivity contribution in [3.8, 4) is 0 Å². The maximum Gasteiger partial charge on any atom is 0.249 e. The van der Waals surface area contributed by atoms with Gasteiger partial charge in [0.15, 0.2) is 0 Å². The Morgan fingerprint density at radius 1 is 1.18 bits per heavy atom. The standard InChI is InChI=1S/C20H34N4O4/c1-14(2)11-23(19(26)15-4-5-15)16-10-17(24(12-16)18(25)13-28-3)20(27)22-8-6-21-7-9-22/h14-17,21H,4-13H2,1-3H3. The van der Waals surface area contributed by atoms with Crippen LogP contribution in [0.3, 0.4) is 0 Å². The first-order chi connectivity index (χ1) is 13.4. The van der Waals surface area contributed by atoms with Crippen LogP contribution < -0.4 is 5.32 Å². The molecule has 0 aromatic carbocycles. The number of amides is 3. The van der Waals surface area contributed by atoms with Crippen molar-refractivity contribution in [1.82, 2.24) is 20.0 Å². The molecule has 2 heterocycles. The lowest BCUT2D eigenvalue weighted by Gasteiger charge is -2.32. The lowest BCUT2D eigenvalue weighted by atomic mass is 10.1. The number of nitrogens with one attached hydrogen (secondary N) is 1. The maximum absolute atomic E-state index is 13.2. The molecule has 3 rings (SSSR count). The zero-order valence-corrected chi connectivity index (χ0v) is 17.4. The first-order valence-electron chi connectivity index (χ1n) is 10.5. The molecule has 158 valence electrons. The van der Waals surface area contributed by atoms with E-state index in [1.165, 1.54) is 7.11 Å². The largest absolute Gasteiger partial charge is 0.375 e. The van der Waals surface area contributed by atoms with Gasteiger partial charge >= 0.3 is 0 Å². The van der Waals surface area contributed by atoms with Crippen molar-refractivity contribution in [3.63, 3.8) is 0 Å². The van der Waals surface area contributed by atoms with E-state index >= 15 is 0 Å². The Morgan fingerprint density at radius 2 is 1.86 bits per heavy atom. The molecule has 2 saturated heterocycles. The van der Waals surface area contributed by atoms with Crippen molar-refractivity contribution in [2.75, 3.05) is 53.0 Å². The van der Waals surface area contributed by atoms with E-state index < -0.39 is 6.04 Å². The summed E-state index contributed by atoms with van der Waals surface area (Å²) in [4.78, 5) is 44.2. The average molecular weight is 395 g/mol. The molecule has 28 heavy (non-hydrogen) atoms. The molecule has 3 amide bonds. The molecule has 2 atom stereocenters. The highest BCUT2D eigenvalue weighted by molar-refractivity contribution is 5.89. The van der Waals surface area contributed by atoms with E-state index in [2.05, 4.69) is 19.2 Å². The predicted molar refractivity (Wildman–Crippen MR) is 105 cm³/mol. The summed E-state index contributed by atoms with van der Waals surface area (Å²) in [6.45, 7) is 8.08. The van der Waals surface area contributed by atoms with Gasteiger partial charge in [0.1, 0.15) is 12.6 Å². The summed E-state index contributed by atoms with van der Waals surface area (Å²) >= 11 is 0. The molecular weight excluding hydrogens is 360 g/mol. The molecule has 1 aliphatic carbocycles. The van der Waals surface area contributed by atoms with Crippen LogP contribution in [0, 0.1) is 11.8 Å². The Balaban J connectivity index is 1.77. The second kappa shape index (κ2) is 9.22. The molecule has 3 aliphatic rings. The smallest absolute Gasteiger partial charge is 0.249 e. The fourth-order valence-electron chi connectivity index (χ4n) is 4.23. The molecular formula is C20H34N4O4. The number of carbonyl (C=O) groups is 3. The van der Waals surface area contributed by atoms with E-state index in [9.17, 15) is 14.4 Å². The van der Waals surface area contributed by atoms with Gasteiger partial charge in [-0.25, -0.2) is 0 Å². The highest BCUT2D eigenvalue weighted by atomic mass is 16.5. The SMILES string of the molecule is COCC(=O)N1CC(N(CC(C)C)C(=O)C2CC2)CC1C(=O)N1CCNCC1. The summed E-state index contributed by atoms with van der Waals surface area (Å²) in [6.07, 6.45) is 2.43. The number of nitrogens with zero attached hydrogens (tertiary/aromatic N) is 3. The van der Waals surface area contributed by atoms with Crippen LogP contribution in [0.5, 0.6) is 0 Å². The number of carbonyl (C=O) groups excluding carboxylic acids is 3. The molecule has 0 radical (unpaired) electrons. The van der Waals surface area contributed by atoms with Crippen molar-refractivity contribution in [3.05, 3.63) is 0 Å². The molecule has 2 aliphatic heterocycles. The Hall–Kier alpha value is -1.67. The molecule has 3 fully saturated rings. The summed E-state index contributed by atoms with van der Waals surface area (Å²) in [6, 6.07) is -0.611. The van der Waals surface area contributed by atoms with Crippen molar-refractivity contribution in [1.29, 1.82) is 0 Å². The quantitative estimate of drug-likeness (QED) is 0.654. The van der Waals surface area contributed by atoms with Crippen molar-refractivity contribution in [2.24, 2.45) is 11.8 Å². The summed E-state index contributed by atoms with van der Waals surface area (Å²) in [7, 11) is 1.49. The van der Waals surface area contributed by atoms with Gasteiger partial charge in [0, 0.05) is 52.3 Å². The zero-order valence-electron chi connectivity index (χ0n) is 17.4. The second-order valence-corrected chi connectivity index (χ2v) is 8.62. The number of ether oxygens (including phenoxy) is 1. The predicted octanol–water partition coefficient (Wildman–Crippen LogP) is -0.0713. The van der Waals surface area contributed by atoms with Crippen molar-refractivity contribution >= 4 is 17.7 Å². The average Bonchev–Trinajstić information content (AvgIpc) is 3.44. The van der Waals surface area contributed by atoms with Crippen molar-refractivity contribution < 1.29 is 19.1 Å². The minimum Gasteiger partial charge on any atom is -0.375 e. The van der Waals surface area contributed by atoms with Gasteiger partial charge in [-0.2, -0.15) is 0 Å². The fraction of sp³-hybridized carbons (Fsp3) is 0.850. The Morgan fingerprint density at radius 3 is 2.43 bits per heavy atom. The van der Waals surface area contributed by atoms with Gasteiger partial charge < -0.3 is 24.8 Å². The van der Waals surface area contributed by atoms with Crippen LogP contribution in [0.1, 0.15) is 33.1 Å². The van der Waals surface area contributed by atoms with Gasteiger partial charge in [-0.3, -0.25) is 14.4 Å². The van der Waals surface area contributed by atoms with Gasteiger partial charge in [-0.15, -0.1) is 0 Å². The van der Waals surface area contributed by atoms with Gasteiger partial charge in [0.05, 0.1) is 6.04 Å². The Labute approximate surface area is 167 Å². The molecule has 1 saturated carbocycles.